The fourth-order valence-corrected chi connectivity index (χ4v) is 3.52. The second-order valence-corrected chi connectivity index (χ2v) is 7.05. The van der Waals surface area contributed by atoms with E-state index in [1.54, 1.807) is 11.9 Å². The number of benzene rings is 1. The monoisotopic (exact) mass is 391 g/mol. The number of halogens is 1. The van der Waals surface area contributed by atoms with Crippen LogP contribution in [0.4, 0.5) is 0 Å². The van der Waals surface area contributed by atoms with E-state index in [1.165, 1.54) is 0 Å². The van der Waals surface area contributed by atoms with E-state index in [4.69, 9.17) is 9.47 Å². The molecule has 1 aromatic heterocycles. The summed E-state index contributed by atoms with van der Waals surface area (Å²) in [7, 11) is 1.75. The van der Waals surface area contributed by atoms with Crippen molar-refractivity contribution < 1.29 is 14.3 Å². The van der Waals surface area contributed by atoms with Crippen molar-refractivity contribution in [2.45, 2.75) is 24.9 Å². The van der Waals surface area contributed by atoms with Crippen LogP contribution < -0.4 is 9.47 Å². The molecule has 2 aromatic rings. The smallest absolute Gasteiger partial charge is 0.275 e. The van der Waals surface area contributed by atoms with Crippen LogP contribution in [0.1, 0.15) is 34.9 Å². The molecule has 0 bridgehead atoms. The van der Waals surface area contributed by atoms with E-state index in [0.29, 0.717) is 30.5 Å². The van der Waals surface area contributed by atoms with Gasteiger partial charge in [0.15, 0.2) is 23.3 Å². The van der Waals surface area contributed by atoms with Crippen LogP contribution in [-0.2, 0) is 0 Å². The highest BCUT2D eigenvalue weighted by molar-refractivity contribution is 9.10. The summed E-state index contributed by atoms with van der Waals surface area (Å²) in [6, 6.07) is 7.56. The number of amides is 1. The van der Waals surface area contributed by atoms with Crippen LogP contribution in [0.3, 0.4) is 0 Å². The van der Waals surface area contributed by atoms with Crippen molar-refractivity contribution in [2.24, 2.45) is 0 Å². The van der Waals surface area contributed by atoms with Gasteiger partial charge >= 0.3 is 0 Å². The summed E-state index contributed by atoms with van der Waals surface area (Å²) >= 11 is 3.51. The van der Waals surface area contributed by atoms with E-state index in [-0.39, 0.29) is 12.0 Å². The van der Waals surface area contributed by atoms with Gasteiger partial charge in [0.25, 0.3) is 5.91 Å². The zero-order chi connectivity index (χ0) is 16.7. The summed E-state index contributed by atoms with van der Waals surface area (Å²) in [4.78, 5) is 14.3. The molecule has 1 aliphatic heterocycles. The van der Waals surface area contributed by atoms with Gasteiger partial charge in [0.2, 0.25) is 0 Å². The minimum absolute atomic E-state index is 0.132. The molecule has 1 aromatic carbocycles. The molecule has 1 saturated carbocycles. The Kier molecular flexibility index (Phi) is 3.96. The zero-order valence-corrected chi connectivity index (χ0v) is 14.9. The first kappa shape index (κ1) is 15.5. The molecule has 1 amide bonds. The van der Waals surface area contributed by atoms with Gasteiger partial charge in [0, 0.05) is 13.0 Å². The fraction of sp³-hybridized carbons (Fsp3) is 0.412. The molecular weight excluding hydrogens is 374 g/mol. The van der Waals surface area contributed by atoms with E-state index in [9.17, 15) is 4.79 Å². The third-order valence-corrected chi connectivity index (χ3v) is 5.12. The highest BCUT2D eigenvalue weighted by Crippen LogP contribution is 2.43. The summed E-state index contributed by atoms with van der Waals surface area (Å²) in [6.45, 7) is 0.856. The molecule has 1 N–H and O–H groups in total. The Morgan fingerprint density at radius 2 is 2.12 bits per heavy atom. The minimum atomic E-state index is -0.200. The lowest BCUT2D eigenvalue weighted by Gasteiger charge is -2.29. The molecule has 6 nitrogen and oxygen atoms in total. The number of carbonyl (C=O) groups is 1. The number of aromatic amines is 1. The third kappa shape index (κ3) is 2.88. The van der Waals surface area contributed by atoms with Gasteiger partial charge in [-0.3, -0.25) is 9.89 Å². The Morgan fingerprint density at radius 3 is 2.88 bits per heavy atom. The molecule has 0 radical (unpaired) electrons. The standard InChI is InChI=1S/C17H18BrN3O3/c1-21(8-11-9-23-12-4-2-3-5-13(12)24-11)17(22)16-14(18)15(19-20-16)10-6-7-10/h2-5,10-11H,6-9H2,1H3,(H,19,20)/t11-/m0/s1. The highest BCUT2D eigenvalue weighted by atomic mass is 79.9. The Bertz CT molecular complexity index is 772. The first-order chi connectivity index (χ1) is 11.6. The first-order valence-corrected chi connectivity index (χ1v) is 8.80. The lowest BCUT2D eigenvalue weighted by molar-refractivity contribution is 0.0517. The van der Waals surface area contributed by atoms with Crippen LogP contribution in [0.2, 0.25) is 0 Å². The highest BCUT2D eigenvalue weighted by Gasteiger charge is 2.32. The molecule has 0 unspecified atom stereocenters. The van der Waals surface area contributed by atoms with Crippen LogP contribution in [0, 0.1) is 0 Å². The number of carbonyl (C=O) groups excluding carboxylic acids is 1. The normalized spacial score (nSPS) is 19.2. The molecule has 2 heterocycles. The maximum Gasteiger partial charge on any atom is 0.275 e. The predicted octanol–water partition coefficient (Wildman–Crippen LogP) is 2.96. The number of hydrogen-bond donors (Lipinski definition) is 1. The number of H-pyrrole nitrogens is 1. The van der Waals surface area contributed by atoms with Gasteiger partial charge in [-0.25, -0.2) is 0 Å². The number of likely N-dealkylation sites (N-methyl/N-ethyl adjacent to an activating group) is 1. The molecule has 1 atom stereocenters. The van der Waals surface area contributed by atoms with Gasteiger partial charge in [-0.2, -0.15) is 5.10 Å². The van der Waals surface area contributed by atoms with Crippen molar-refractivity contribution in [1.29, 1.82) is 0 Å². The van der Waals surface area contributed by atoms with E-state index in [0.717, 1.165) is 28.8 Å². The van der Waals surface area contributed by atoms with E-state index in [1.807, 2.05) is 24.3 Å². The summed E-state index contributed by atoms with van der Waals surface area (Å²) in [5, 5.41) is 7.18. The quantitative estimate of drug-likeness (QED) is 0.869. The van der Waals surface area contributed by atoms with Crippen LogP contribution >= 0.6 is 15.9 Å². The number of aromatic nitrogens is 2. The summed E-state index contributed by atoms with van der Waals surface area (Å²) in [6.07, 6.45) is 2.10. The van der Waals surface area contributed by atoms with Gasteiger partial charge in [-0.05, 0) is 40.9 Å². The van der Waals surface area contributed by atoms with E-state index in [2.05, 4.69) is 26.1 Å². The number of nitrogens with one attached hydrogen (secondary N) is 1. The molecule has 2 aliphatic rings. The van der Waals surface area contributed by atoms with Crippen molar-refractivity contribution >= 4 is 21.8 Å². The van der Waals surface area contributed by atoms with Gasteiger partial charge in [0.05, 0.1) is 16.7 Å². The lowest BCUT2D eigenvalue weighted by Crippen LogP contribution is -2.42. The van der Waals surface area contributed by atoms with Crippen molar-refractivity contribution in [1.82, 2.24) is 15.1 Å². The number of hydrogen-bond acceptors (Lipinski definition) is 4. The number of rotatable bonds is 4. The van der Waals surface area contributed by atoms with E-state index < -0.39 is 0 Å². The molecule has 1 aliphatic carbocycles. The molecule has 1 fully saturated rings. The number of fused-ring (bicyclic) bond motifs is 1. The second-order valence-electron chi connectivity index (χ2n) is 6.26. The van der Waals surface area contributed by atoms with Crippen molar-refractivity contribution in [2.75, 3.05) is 20.2 Å². The van der Waals surface area contributed by atoms with Gasteiger partial charge in [-0.1, -0.05) is 12.1 Å². The Labute approximate surface area is 148 Å². The maximum atomic E-state index is 12.7. The Hall–Kier alpha value is -2.02. The first-order valence-electron chi connectivity index (χ1n) is 8.01. The van der Waals surface area contributed by atoms with Crippen LogP contribution in [-0.4, -0.2) is 47.3 Å². The number of nitrogens with zero attached hydrogens (tertiary/aromatic N) is 2. The maximum absolute atomic E-state index is 12.7. The fourth-order valence-electron chi connectivity index (χ4n) is 2.85. The van der Waals surface area contributed by atoms with Crippen molar-refractivity contribution in [3.63, 3.8) is 0 Å². The van der Waals surface area contributed by atoms with Crippen LogP contribution in [0.25, 0.3) is 0 Å². The van der Waals surface area contributed by atoms with E-state index >= 15 is 0 Å². The average molecular weight is 392 g/mol. The third-order valence-electron chi connectivity index (χ3n) is 4.31. The molecule has 0 saturated heterocycles. The van der Waals surface area contributed by atoms with Crippen LogP contribution in [0.15, 0.2) is 28.7 Å². The minimum Gasteiger partial charge on any atom is -0.486 e. The molecule has 126 valence electrons. The summed E-state index contributed by atoms with van der Waals surface area (Å²) in [5.41, 5.74) is 1.45. The number of para-hydroxylation sites is 2. The zero-order valence-electron chi connectivity index (χ0n) is 13.3. The molecule has 4 rings (SSSR count). The van der Waals surface area contributed by atoms with Gasteiger partial charge in [0.1, 0.15) is 6.61 Å². The van der Waals surface area contributed by atoms with Gasteiger partial charge in [-0.15, -0.1) is 0 Å². The van der Waals surface area contributed by atoms with Crippen molar-refractivity contribution in [3.8, 4) is 11.5 Å². The summed E-state index contributed by atoms with van der Waals surface area (Å²) in [5.74, 6) is 1.83. The predicted molar refractivity (Wildman–Crippen MR) is 91.6 cm³/mol. The average Bonchev–Trinajstić information content (AvgIpc) is 3.36. The Morgan fingerprint density at radius 1 is 1.38 bits per heavy atom. The topological polar surface area (TPSA) is 67.5 Å². The molecule has 0 spiro atoms. The summed E-state index contributed by atoms with van der Waals surface area (Å²) < 4.78 is 12.4. The Balaban J connectivity index is 1.43. The number of ether oxygens (including phenoxy) is 2. The second kappa shape index (κ2) is 6.12. The largest absolute Gasteiger partial charge is 0.486 e. The van der Waals surface area contributed by atoms with Crippen LogP contribution in [0.5, 0.6) is 11.5 Å². The lowest BCUT2D eigenvalue weighted by atomic mass is 10.2. The SMILES string of the molecule is CN(C[C@H]1COc2ccccc2O1)C(=O)c1n[nH]c(C2CC2)c1Br. The van der Waals surface area contributed by atoms with Gasteiger partial charge < -0.3 is 14.4 Å². The molecule has 7 heteroatoms. The molecular formula is C17H18BrN3O3. The molecule has 24 heavy (non-hydrogen) atoms. The van der Waals surface area contributed by atoms with Crippen molar-refractivity contribution in [3.05, 3.63) is 40.1 Å².